The van der Waals surface area contributed by atoms with Gasteiger partial charge in [-0.1, -0.05) is 22.0 Å². The number of nitrogens with one attached hydrogen (secondary N) is 1. The van der Waals surface area contributed by atoms with Crippen molar-refractivity contribution in [3.8, 4) is 0 Å². The van der Waals surface area contributed by atoms with Gasteiger partial charge in [-0.15, -0.1) is 0 Å². The Hall–Kier alpha value is -1.33. The van der Waals surface area contributed by atoms with E-state index in [4.69, 9.17) is 5.73 Å². The quantitative estimate of drug-likeness (QED) is 0.757. The second-order valence-corrected chi connectivity index (χ2v) is 5.87. The van der Waals surface area contributed by atoms with Gasteiger partial charge in [-0.3, -0.25) is 4.79 Å². The molecular formula is C14H12Br2N2O. The van der Waals surface area contributed by atoms with Crippen LogP contribution in [0.25, 0.3) is 0 Å². The fourth-order valence-corrected chi connectivity index (χ4v) is 2.83. The molecule has 2 rings (SSSR count). The summed E-state index contributed by atoms with van der Waals surface area (Å²) < 4.78 is 1.76. The maximum atomic E-state index is 12.2. The minimum absolute atomic E-state index is 0.173. The van der Waals surface area contributed by atoms with Crippen LogP contribution in [0.4, 0.5) is 11.4 Å². The number of amides is 1. The van der Waals surface area contributed by atoms with E-state index in [0.29, 0.717) is 11.3 Å². The smallest absolute Gasteiger partial charge is 0.256 e. The fourth-order valence-electron chi connectivity index (χ4n) is 1.68. The van der Waals surface area contributed by atoms with E-state index >= 15 is 0 Å². The summed E-state index contributed by atoms with van der Waals surface area (Å²) in [5.41, 5.74) is 8.50. The number of benzene rings is 2. The van der Waals surface area contributed by atoms with E-state index in [2.05, 4.69) is 37.2 Å². The molecule has 0 bridgehead atoms. The van der Waals surface area contributed by atoms with Crippen LogP contribution in [0.15, 0.2) is 45.3 Å². The van der Waals surface area contributed by atoms with Crippen LogP contribution in [0.3, 0.4) is 0 Å². The molecular weight excluding hydrogens is 372 g/mol. The molecule has 0 saturated heterocycles. The van der Waals surface area contributed by atoms with Crippen molar-refractivity contribution in [2.45, 2.75) is 6.92 Å². The van der Waals surface area contributed by atoms with Crippen molar-refractivity contribution >= 4 is 49.1 Å². The molecule has 0 aliphatic heterocycles. The standard InChI is InChI=1S/C14H12Br2N2O/c1-8-10(3-2-4-12(8)17)14(19)18-13-6-5-9(15)7-11(13)16/h2-7H,17H2,1H3,(H,18,19). The second-order valence-electron chi connectivity index (χ2n) is 4.10. The van der Waals surface area contributed by atoms with Crippen LogP contribution in [-0.2, 0) is 0 Å². The van der Waals surface area contributed by atoms with Crippen molar-refractivity contribution in [1.29, 1.82) is 0 Å². The number of hydrogen-bond acceptors (Lipinski definition) is 2. The van der Waals surface area contributed by atoms with Crippen LogP contribution in [0.2, 0.25) is 0 Å². The lowest BCUT2D eigenvalue weighted by Crippen LogP contribution is -2.14. The third-order valence-corrected chi connectivity index (χ3v) is 3.95. The molecule has 5 heteroatoms. The zero-order valence-electron chi connectivity index (χ0n) is 10.2. The summed E-state index contributed by atoms with van der Waals surface area (Å²) in [5.74, 6) is -0.173. The Balaban J connectivity index is 2.28. The summed E-state index contributed by atoms with van der Waals surface area (Å²) in [6.45, 7) is 1.83. The van der Waals surface area contributed by atoms with Gasteiger partial charge in [0.2, 0.25) is 0 Å². The molecule has 0 heterocycles. The van der Waals surface area contributed by atoms with E-state index in [1.54, 1.807) is 18.2 Å². The first-order valence-electron chi connectivity index (χ1n) is 5.60. The minimum Gasteiger partial charge on any atom is -0.398 e. The van der Waals surface area contributed by atoms with E-state index in [0.717, 1.165) is 20.2 Å². The maximum absolute atomic E-state index is 12.2. The molecule has 0 atom stereocenters. The molecule has 3 nitrogen and oxygen atoms in total. The van der Waals surface area contributed by atoms with Crippen LogP contribution >= 0.6 is 31.9 Å². The Morgan fingerprint density at radius 2 is 1.95 bits per heavy atom. The summed E-state index contributed by atoms with van der Waals surface area (Å²) in [6.07, 6.45) is 0. The molecule has 0 radical (unpaired) electrons. The zero-order valence-corrected chi connectivity index (χ0v) is 13.4. The van der Waals surface area contributed by atoms with E-state index in [1.165, 1.54) is 0 Å². The topological polar surface area (TPSA) is 55.1 Å². The predicted octanol–water partition coefficient (Wildman–Crippen LogP) is 4.35. The average molecular weight is 384 g/mol. The third-order valence-electron chi connectivity index (χ3n) is 2.80. The van der Waals surface area contributed by atoms with Crippen LogP contribution in [-0.4, -0.2) is 5.91 Å². The lowest BCUT2D eigenvalue weighted by Gasteiger charge is -2.10. The Morgan fingerprint density at radius 3 is 2.63 bits per heavy atom. The molecule has 0 aromatic heterocycles. The van der Waals surface area contributed by atoms with E-state index in [1.807, 2.05) is 25.1 Å². The Morgan fingerprint density at radius 1 is 1.21 bits per heavy atom. The number of carbonyl (C=O) groups is 1. The summed E-state index contributed by atoms with van der Waals surface area (Å²) in [7, 11) is 0. The van der Waals surface area contributed by atoms with Crippen molar-refractivity contribution in [3.05, 3.63) is 56.5 Å². The zero-order chi connectivity index (χ0) is 14.0. The van der Waals surface area contributed by atoms with Gasteiger partial charge in [-0.25, -0.2) is 0 Å². The van der Waals surface area contributed by atoms with Crippen molar-refractivity contribution in [2.24, 2.45) is 0 Å². The predicted molar refractivity (Wildman–Crippen MR) is 85.4 cm³/mol. The van der Waals surface area contributed by atoms with Gasteiger partial charge in [0.15, 0.2) is 0 Å². The molecule has 2 aromatic rings. The number of nitrogen functional groups attached to an aromatic ring is 1. The Kier molecular flexibility index (Phi) is 4.27. The Bertz CT molecular complexity index is 641. The summed E-state index contributed by atoms with van der Waals surface area (Å²) in [6, 6.07) is 10.9. The van der Waals surface area contributed by atoms with E-state index < -0.39 is 0 Å². The number of hydrogen-bond donors (Lipinski definition) is 2. The van der Waals surface area contributed by atoms with Gasteiger partial charge >= 0.3 is 0 Å². The molecule has 0 fully saturated rings. The number of rotatable bonds is 2. The molecule has 0 aliphatic carbocycles. The maximum Gasteiger partial charge on any atom is 0.256 e. The van der Waals surface area contributed by atoms with E-state index in [-0.39, 0.29) is 5.91 Å². The molecule has 0 spiro atoms. The number of anilines is 2. The molecule has 2 aromatic carbocycles. The normalized spacial score (nSPS) is 10.3. The molecule has 0 aliphatic rings. The van der Waals surface area contributed by atoms with Crippen molar-refractivity contribution in [3.63, 3.8) is 0 Å². The van der Waals surface area contributed by atoms with Crippen LogP contribution < -0.4 is 11.1 Å². The highest BCUT2D eigenvalue weighted by Gasteiger charge is 2.12. The molecule has 19 heavy (non-hydrogen) atoms. The van der Waals surface area contributed by atoms with Gasteiger partial charge in [0, 0.05) is 20.2 Å². The largest absolute Gasteiger partial charge is 0.398 e. The highest BCUT2D eigenvalue weighted by atomic mass is 79.9. The highest BCUT2D eigenvalue weighted by molar-refractivity contribution is 9.11. The summed E-state index contributed by atoms with van der Waals surface area (Å²) in [5, 5.41) is 2.86. The second kappa shape index (κ2) is 5.75. The first-order valence-corrected chi connectivity index (χ1v) is 7.19. The van der Waals surface area contributed by atoms with Crippen molar-refractivity contribution in [2.75, 3.05) is 11.1 Å². The van der Waals surface area contributed by atoms with Crippen molar-refractivity contribution < 1.29 is 4.79 Å². The van der Waals surface area contributed by atoms with Crippen LogP contribution in [0.5, 0.6) is 0 Å². The monoisotopic (exact) mass is 382 g/mol. The highest BCUT2D eigenvalue weighted by Crippen LogP contribution is 2.27. The minimum atomic E-state index is -0.173. The lowest BCUT2D eigenvalue weighted by atomic mass is 10.1. The Labute approximate surface area is 128 Å². The molecule has 98 valence electrons. The fraction of sp³-hybridized carbons (Fsp3) is 0.0714. The van der Waals surface area contributed by atoms with Gasteiger partial charge < -0.3 is 11.1 Å². The van der Waals surface area contributed by atoms with E-state index in [9.17, 15) is 4.79 Å². The first kappa shape index (κ1) is 14.1. The number of halogens is 2. The van der Waals surface area contributed by atoms with Gasteiger partial charge in [0.25, 0.3) is 5.91 Å². The summed E-state index contributed by atoms with van der Waals surface area (Å²) >= 11 is 6.78. The number of carbonyl (C=O) groups excluding carboxylic acids is 1. The van der Waals surface area contributed by atoms with Gasteiger partial charge in [-0.05, 0) is 58.7 Å². The van der Waals surface area contributed by atoms with Gasteiger partial charge in [0.1, 0.15) is 0 Å². The molecule has 1 amide bonds. The first-order chi connectivity index (χ1) is 8.99. The lowest BCUT2D eigenvalue weighted by molar-refractivity contribution is 0.102. The van der Waals surface area contributed by atoms with Crippen LogP contribution in [0, 0.1) is 6.92 Å². The van der Waals surface area contributed by atoms with Gasteiger partial charge in [0.05, 0.1) is 5.69 Å². The number of nitrogens with two attached hydrogens (primary N) is 1. The third kappa shape index (κ3) is 3.16. The average Bonchev–Trinajstić information content (AvgIpc) is 2.36. The SMILES string of the molecule is Cc1c(N)cccc1C(=O)Nc1ccc(Br)cc1Br. The van der Waals surface area contributed by atoms with Crippen molar-refractivity contribution in [1.82, 2.24) is 0 Å². The molecule has 0 unspecified atom stereocenters. The van der Waals surface area contributed by atoms with Gasteiger partial charge in [-0.2, -0.15) is 0 Å². The molecule has 0 saturated carbocycles. The summed E-state index contributed by atoms with van der Waals surface area (Å²) in [4.78, 5) is 12.2. The molecule has 3 N–H and O–H groups in total. The van der Waals surface area contributed by atoms with Crippen LogP contribution in [0.1, 0.15) is 15.9 Å².